The maximum absolute atomic E-state index is 13.7. The monoisotopic (exact) mass is 421 g/mol. The summed E-state index contributed by atoms with van der Waals surface area (Å²) >= 11 is 0. The Kier molecular flexibility index (Phi) is 5.05. The number of hydrogen-bond donors (Lipinski definition) is 1. The average Bonchev–Trinajstić information content (AvgIpc) is 3.25. The molecule has 2 fully saturated rings. The Morgan fingerprint density at radius 1 is 1.16 bits per heavy atom. The summed E-state index contributed by atoms with van der Waals surface area (Å²) in [4.78, 5) is 17.9. The van der Waals surface area contributed by atoms with Crippen molar-refractivity contribution in [2.24, 2.45) is 0 Å². The lowest BCUT2D eigenvalue weighted by Gasteiger charge is -2.37. The first-order valence-corrected chi connectivity index (χ1v) is 11.2. The fourth-order valence-corrected chi connectivity index (χ4v) is 5.31. The maximum atomic E-state index is 13.7. The minimum atomic E-state index is -0.431. The van der Waals surface area contributed by atoms with Crippen LogP contribution in [-0.4, -0.2) is 44.2 Å². The molecule has 6 heteroatoms. The maximum Gasteiger partial charge on any atom is 0.238 e. The van der Waals surface area contributed by atoms with E-state index in [9.17, 15) is 4.79 Å². The molecule has 1 atom stereocenters. The summed E-state index contributed by atoms with van der Waals surface area (Å²) in [6.07, 6.45) is 5.17. The van der Waals surface area contributed by atoms with E-state index in [0.29, 0.717) is 24.9 Å². The number of nitrogen functional groups attached to an aromatic ring is 1. The molecule has 1 saturated heterocycles. The number of carbonyl (C=O) groups excluding carboxylic acids is 1. The molecule has 0 aromatic heterocycles. The van der Waals surface area contributed by atoms with Crippen LogP contribution in [0.1, 0.15) is 43.2 Å². The van der Waals surface area contributed by atoms with Crippen molar-refractivity contribution in [2.45, 2.75) is 50.1 Å². The fourth-order valence-electron chi connectivity index (χ4n) is 5.31. The highest BCUT2D eigenvalue weighted by molar-refractivity contribution is 6.10. The Morgan fingerprint density at radius 3 is 2.55 bits per heavy atom. The number of ether oxygens (including phenoxy) is 2. The zero-order valence-electron chi connectivity index (χ0n) is 18.4. The second kappa shape index (κ2) is 7.75. The lowest BCUT2D eigenvalue weighted by molar-refractivity contribution is -0.126. The van der Waals surface area contributed by atoms with Gasteiger partial charge in [0.15, 0.2) is 0 Å². The first-order chi connectivity index (χ1) is 15.0. The molecule has 2 heterocycles. The number of methoxy groups -OCH3 is 1. The normalized spacial score (nSPS) is 21.9. The third-order valence-corrected chi connectivity index (χ3v) is 7.35. The van der Waals surface area contributed by atoms with Crippen LogP contribution in [0.25, 0.3) is 0 Å². The molecule has 1 saturated carbocycles. The van der Waals surface area contributed by atoms with Gasteiger partial charge in [0.2, 0.25) is 5.91 Å². The molecule has 6 nitrogen and oxygen atoms in total. The third kappa shape index (κ3) is 3.33. The topological polar surface area (TPSA) is 68.0 Å². The number of amides is 1. The van der Waals surface area contributed by atoms with Gasteiger partial charge < -0.3 is 25.0 Å². The van der Waals surface area contributed by atoms with Crippen LogP contribution in [0.3, 0.4) is 0 Å². The number of likely N-dealkylation sites (tertiary alicyclic amines) is 1. The molecule has 3 aliphatic rings. The largest absolute Gasteiger partial charge is 0.497 e. The number of anilines is 2. The van der Waals surface area contributed by atoms with Gasteiger partial charge >= 0.3 is 0 Å². The molecular weight excluding hydrogens is 390 g/mol. The number of nitrogens with two attached hydrogens (primary N) is 1. The van der Waals surface area contributed by atoms with Gasteiger partial charge in [-0.3, -0.25) is 4.79 Å². The van der Waals surface area contributed by atoms with Gasteiger partial charge in [-0.15, -0.1) is 0 Å². The second-order valence-electron chi connectivity index (χ2n) is 9.18. The lowest BCUT2D eigenvalue weighted by atomic mass is 9.65. The van der Waals surface area contributed by atoms with Gasteiger partial charge in [0.1, 0.15) is 18.1 Å². The molecule has 2 aliphatic heterocycles. The molecule has 2 aromatic carbocycles. The summed E-state index contributed by atoms with van der Waals surface area (Å²) in [7, 11) is 3.80. The van der Waals surface area contributed by atoms with Gasteiger partial charge in [-0.25, -0.2) is 0 Å². The highest BCUT2D eigenvalue weighted by Gasteiger charge is 2.55. The lowest BCUT2D eigenvalue weighted by Crippen LogP contribution is -2.44. The van der Waals surface area contributed by atoms with Crippen molar-refractivity contribution in [2.75, 3.05) is 37.9 Å². The van der Waals surface area contributed by atoms with Crippen molar-refractivity contribution in [1.82, 2.24) is 4.90 Å². The van der Waals surface area contributed by atoms with Crippen LogP contribution in [0.2, 0.25) is 0 Å². The standard InChI is InChI=1S/C25H31N3O3/c1-27-12-3-5-19(27)16-31-22-14-18(26)13-21-23(22)28(24(29)25(21)10-4-11-25)15-17-6-8-20(30-2)9-7-17/h6-9,13-14,19H,3-5,10-12,15-16,26H2,1-2H3/t19-/m0/s1. The summed E-state index contributed by atoms with van der Waals surface area (Å²) in [5, 5.41) is 0. The van der Waals surface area contributed by atoms with Crippen molar-refractivity contribution in [1.29, 1.82) is 0 Å². The van der Waals surface area contributed by atoms with Gasteiger partial charge in [-0.05, 0) is 68.6 Å². The second-order valence-corrected chi connectivity index (χ2v) is 9.18. The highest BCUT2D eigenvalue weighted by Crippen LogP contribution is 2.57. The smallest absolute Gasteiger partial charge is 0.238 e. The molecule has 0 radical (unpaired) electrons. The van der Waals surface area contributed by atoms with Gasteiger partial charge in [0.05, 0.1) is 24.8 Å². The predicted octanol–water partition coefficient (Wildman–Crippen LogP) is 3.72. The number of nitrogens with zero attached hydrogens (tertiary/aromatic N) is 2. The zero-order chi connectivity index (χ0) is 21.6. The van der Waals surface area contributed by atoms with E-state index in [2.05, 4.69) is 11.9 Å². The van der Waals surface area contributed by atoms with Crippen molar-refractivity contribution in [3.05, 3.63) is 47.5 Å². The molecule has 1 amide bonds. The molecule has 2 N–H and O–H groups in total. The van der Waals surface area contributed by atoms with Crippen LogP contribution in [0.15, 0.2) is 36.4 Å². The van der Waals surface area contributed by atoms with E-state index >= 15 is 0 Å². The quantitative estimate of drug-likeness (QED) is 0.720. The number of likely N-dealkylation sites (N-methyl/N-ethyl adjacent to an activating group) is 1. The molecule has 1 aliphatic carbocycles. The predicted molar refractivity (Wildman–Crippen MR) is 122 cm³/mol. The minimum absolute atomic E-state index is 0.179. The van der Waals surface area contributed by atoms with E-state index in [-0.39, 0.29) is 5.91 Å². The van der Waals surface area contributed by atoms with E-state index in [1.54, 1.807) is 7.11 Å². The molecular formula is C25H31N3O3. The number of rotatable bonds is 6. The van der Waals surface area contributed by atoms with Crippen LogP contribution >= 0.6 is 0 Å². The van der Waals surface area contributed by atoms with E-state index in [1.165, 1.54) is 6.42 Å². The number of fused-ring (bicyclic) bond motifs is 2. The van der Waals surface area contributed by atoms with Gasteiger partial charge in [-0.2, -0.15) is 0 Å². The summed E-state index contributed by atoms with van der Waals surface area (Å²) in [5.74, 6) is 1.73. The fraction of sp³-hybridized carbons (Fsp3) is 0.480. The van der Waals surface area contributed by atoms with Crippen molar-refractivity contribution in [3.8, 4) is 11.5 Å². The van der Waals surface area contributed by atoms with Crippen LogP contribution in [0.4, 0.5) is 11.4 Å². The Morgan fingerprint density at radius 2 is 1.94 bits per heavy atom. The van der Waals surface area contributed by atoms with Crippen LogP contribution < -0.4 is 20.1 Å². The van der Waals surface area contributed by atoms with Crippen molar-refractivity contribution >= 4 is 17.3 Å². The Balaban J connectivity index is 1.49. The molecule has 1 spiro atoms. The summed E-state index contributed by atoms with van der Waals surface area (Å²) in [6.45, 7) is 2.24. The van der Waals surface area contributed by atoms with E-state index in [1.807, 2.05) is 41.3 Å². The molecule has 2 aromatic rings. The Labute approximate surface area is 183 Å². The van der Waals surface area contributed by atoms with E-state index in [4.69, 9.17) is 15.2 Å². The van der Waals surface area contributed by atoms with Crippen LogP contribution in [-0.2, 0) is 16.8 Å². The SMILES string of the molecule is COc1ccc(CN2C(=O)C3(CCC3)c3cc(N)cc(OC[C@@H]4CCCN4C)c32)cc1. The van der Waals surface area contributed by atoms with Gasteiger partial charge in [0.25, 0.3) is 0 Å². The van der Waals surface area contributed by atoms with Crippen molar-refractivity contribution < 1.29 is 14.3 Å². The molecule has 0 bridgehead atoms. The summed E-state index contributed by atoms with van der Waals surface area (Å²) < 4.78 is 11.6. The molecule has 5 rings (SSSR count). The summed E-state index contributed by atoms with van der Waals surface area (Å²) in [6, 6.07) is 12.2. The average molecular weight is 422 g/mol. The van der Waals surface area contributed by atoms with Crippen LogP contribution in [0.5, 0.6) is 11.5 Å². The first-order valence-electron chi connectivity index (χ1n) is 11.2. The van der Waals surface area contributed by atoms with Crippen molar-refractivity contribution in [3.63, 3.8) is 0 Å². The first kappa shape index (κ1) is 20.2. The number of hydrogen-bond acceptors (Lipinski definition) is 5. The zero-order valence-corrected chi connectivity index (χ0v) is 18.4. The summed E-state index contributed by atoms with van der Waals surface area (Å²) in [5.41, 5.74) is 9.54. The highest BCUT2D eigenvalue weighted by atomic mass is 16.5. The van der Waals surface area contributed by atoms with E-state index in [0.717, 1.165) is 60.5 Å². The Hall–Kier alpha value is -2.73. The molecule has 164 valence electrons. The van der Waals surface area contributed by atoms with Crippen LogP contribution in [0, 0.1) is 0 Å². The minimum Gasteiger partial charge on any atom is -0.497 e. The Bertz CT molecular complexity index is 984. The molecule has 31 heavy (non-hydrogen) atoms. The van der Waals surface area contributed by atoms with Gasteiger partial charge in [0, 0.05) is 17.8 Å². The van der Waals surface area contributed by atoms with Gasteiger partial charge in [-0.1, -0.05) is 18.6 Å². The molecule has 0 unspecified atom stereocenters. The third-order valence-electron chi connectivity index (χ3n) is 7.35. The van der Waals surface area contributed by atoms with E-state index < -0.39 is 5.41 Å². The number of carbonyl (C=O) groups is 1. The number of benzene rings is 2.